The molecule has 1 amide bonds. The topological polar surface area (TPSA) is 88.4 Å². The molecular formula is C19H16ClFN2O4S. The molecule has 146 valence electrons. The van der Waals surface area contributed by atoms with Gasteiger partial charge in [-0.2, -0.15) is 0 Å². The lowest BCUT2D eigenvalue weighted by Gasteiger charge is -2.10. The quantitative estimate of drug-likeness (QED) is 0.610. The predicted octanol–water partition coefficient (Wildman–Crippen LogP) is 3.48. The summed E-state index contributed by atoms with van der Waals surface area (Å²) in [4.78, 5) is 12.1. The number of amides is 1. The Bertz CT molecular complexity index is 1070. The van der Waals surface area contributed by atoms with E-state index in [1.807, 2.05) is 0 Å². The molecule has 0 aliphatic heterocycles. The summed E-state index contributed by atoms with van der Waals surface area (Å²) in [7, 11) is -3.96. The summed E-state index contributed by atoms with van der Waals surface area (Å²) in [5.41, 5.74) is 0.835. The van der Waals surface area contributed by atoms with Gasteiger partial charge in [-0.3, -0.25) is 4.79 Å². The molecule has 0 bridgehead atoms. The molecule has 28 heavy (non-hydrogen) atoms. The molecule has 0 atom stereocenters. The molecule has 0 fully saturated rings. The van der Waals surface area contributed by atoms with Crippen LogP contribution in [0.2, 0.25) is 5.02 Å². The van der Waals surface area contributed by atoms with E-state index in [4.69, 9.17) is 16.0 Å². The van der Waals surface area contributed by atoms with E-state index < -0.39 is 15.9 Å². The highest BCUT2D eigenvalue weighted by molar-refractivity contribution is 7.89. The number of sulfonamides is 1. The molecule has 9 heteroatoms. The second kappa shape index (κ2) is 8.55. The Hall–Kier alpha value is -2.68. The van der Waals surface area contributed by atoms with E-state index >= 15 is 0 Å². The van der Waals surface area contributed by atoms with Gasteiger partial charge in [0.2, 0.25) is 10.0 Å². The van der Waals surface area contributed by atoms with Gasteiger partial charge in [-0.25, -0.2) is 17.5 Å². The van der Waals surface area contributed by atoms with Crippen LogP contribution < -0.4 is 10.0 Å². The van der Waals surface area contributed by atoms with E-state index in [2.05, 4.69) is 10.0 Å². The molecule has 2 N–H and O–H groups in total. The van der Waals surface area contributed by atoms with Crippen molar-refractivity contribution >= 4 is 27.5 Å². The number of rotatable bonds is 7. The maximum Gasteiger partial charge on any atom is 0.251 e. The van der Waals surface area contributed by atoms with Crippen molar-refractivity contribution in [3.63, 3.8) is 0 Å². The van der Waals surface area contributed by atoms with E-state index in [9.17, 15) is 17.6 Å². The zero-order valence-electron chi connectivity index (χ0n) is 14.5. The third kappa shape index (κ3) is 4.98. The Morgan fingerprint density at radius 1 is 1.07 bits per heavy atom. The molecule has 6 nitrogen and oxygen atoms in total. The summed E-state index contributed by atoms with van der Waals surface area (Å²) in [5.74, 6) is -0.416. The monoisotopic (exact) mass is 422 g/mol. The lowest BCUT2D eigenvalue weighted by molar-refractivity contribution is 0.0950. The Labute approximate surface area is 166 Å². The Balaban J connectivity index is 1.72. The zero-order chi connectivity index (χ0) is 20.1. The number of benzene rings is 2. The highest BCUT2D eigenvalue weighted by atomic mass is 35.5. The number of halogens is 2. The molecule has 0 aliphatic carbocycles. The fourth-order valence-corrected chi connectivity index (χ4v) is 3.91. The van der Waals surface area contributed by atoms with Crippen LogP contribution in [0.25, 0.3) is 0 Å². The van der Waals surface area contributed by atoms with E-state index in [0.717, 1.165) is 0 Å². The van der Waals surface area contributed by atoms with Crippen LogP contribution in [0.5, 0.6) is 0 Å². The van der Waals surface area contributed by atoms with E-state index in [0.29, 0.717) is 11.3 Å². The van der Waals surface area contributed by atoms with Gasteiger partial charge in [-0.05, 0) is 48.0 Å². The molecule has 0 unspecified atom stereocenters. The maximum absolute atomic E-state index is 12.9. The Morgan fingerprint density at radius 3 is 2.50 bits per heavy atom. The van der Waals surface area contributed by atoms with Gasteiger partial charge in [-0.15, -0.1) is 0 Å². The number of hydrogen-bond acceptors (Lipinski definition) is 4. The van der Waals surface area contributed by atoms with Crippen LogP contribution in [0, 0.1) is 5.82 Å². The molecule has 2 aromatic carbocycles. The van der Waals surface area contributed by atoms with Gasteiger partial charge in [0.05, 0.1) is 17.8 Å². The average Bonchev–Trinajstić information content (AvgIpc) is 3.20. The minimum Gasteiger partial charge on any atom is -0.468 e. The second-order valence-electron chi connectivity index (χ2n) is 5.86. The van der Waals surface area contributed by atoms with Gasteiger partial charge >= 0.3 is 0 Å². The number of hydrogen-bond donors (Lipinski definition) is 2. The molecule has 1 heterocycles. The van der Waals surface area contributed by atoms with E-state index in [1.165, 1.54) is 36.6 Å². The van der Waals surface area contributed by atoms with E-state index in [1.54, 1.807) is 24.3 Å². The maximum atomic E-state index is 12.9. The third-order valence-electron chi connectivity index (χ3n) is 3.87. The Morgan fingerprint density at radius 2 is 1.82 bits per heavy atom. The Kier molecular flexibility index (Phi) is 6.13. The normalized spacial score (nSPS) is 11.4. The summed E-state index contributed by atoms with van der Waals surface area (Å²) < 4.78 is 45.5. The lowest BCUT2D eigenvalue weighted by Crippen LogP contribution is -2.25. The van der Waals surface area contributed by atoms with Crippen LogP contribution in [0.4, 0.5) is 4.39 Å². The predicted molar refractivity (Wildman–Crippen MR) is 102 cm³/mol. The minimum atomic E-state index is -3.96. The lowest BCUT2D eigenvalue weighted by atomic mass is 10.2. The fourth-order valence-electron chi connectivity index (χ4n) is 2.39. The number of nitrogens with one attached hydrogen (secondary N) is 2. The van der Waals surface area contributed by atoms with Crippen LogP contribution in [0.3, 0.4) is 0 Å². The van der Waals surface area contributed by atoms with Crippen molar-refractivity contribution in [2.45, 2.75) is 18.0 Å². The minimum absolute atomic E-state index is 0.0120. The third-order valence-corrected chi connectivity index (χ3v) is 5.75. The molecule has 0 spiro atoms. The first-order valence-electron chi connectivity index (χ1n) is 8.19. The summed E-state index contributed by atoms with van der Waals surface area (Å²) in [6.07, 6.45) is 1.43. The van der Waals surface area contributed by atoms with E-state index in [-0.39, 0.29) is 34.4 Å². The molecule has 0 saturated carbocycles. The smallest absolute Gasteiger partial charge is 0.251 e. The van der Waals surface area contributed by atoms with Gasteiger partial charge in [0.1, 0.15) is 16.5 Å². The first-order valence-corrected chi connectivity index (χ1v) is 10.1. The zero-order valence-corrected chi connectivity index (χ0v) is 16.1. The van der Waals surface area contributed by atoms with Crippen molar-refractivity contribution in [1.82, 2.24) is 10.0 Å². The van der Waals surface area contributed by atoms with Crippen molar-refractivity contribution in [3.05, 3.63) is 88.6 Å². The standard InChI is InChI=1S/C19H16ClFN2O4S/c20-17-8-5-14(19(24)22-11-13-3-6-15(21)7-4-13)10-18(17)28(25,26)23-12-16-2-1-9-27-16/h1-10,23H,11-12H2,(H,22,24). The number of furan rings is 1. The highest BCUT2D eigenvalue weighted by Crippen LogP contribution is 2.23. The van der Waals surface area contributed by atoms with Crippen LogP contribution in [0.15, 0.2) is 70.2 Å². The second-order valence-corrected chi connectivity index (χ2v) is 8.00. The van der Waals surface area contributed by atoms with Crippen molar-refractivity contribution in [1.29, 1.82) is 0 Å². The van der Waals surface area contributed by atoms with Crippen LogP contribution in [-0.2, 0) is 23.1 Å². The molecule has 1 aromatic heterocycles. The molecule has 0 aliphatic rings. The van der Waals surface area contributed by atoms with Gasteiger partial charge in [-0.1, -0.05) is 23.7 Å². The number of carbonyl (C=O) groups is 1. The summed E-state index contributed by atoms with van der Waals surface area (Å²) in [5, 5.41) is 2.64. The first kappa shape index (κ1) is 20.1. The molecule has 3 aromatic rings. The fraction of sp³-hybridized carbons (Fsp3) is 0.105. The van der Waals surface area contributed by atoms with Crippen molar-refractivity contribution < 1.29 is 22.0 Å². The van der Waals surface area contributed by atoms with Crippen molar-refractivity contribution in [3.8, 4) is 0 Å². The van der Waals surface area contributed by atoms with Crippen molar-refractivity contribution in [2.75, 3.05) is 0 Å². The van der Waals surface area contributed by atoms with Crippen molar-refractivity contribution in [2.24, 2.45) is 0 Å². The van der Waals surface area contributed by atoms with Gasteiger partial charge in [0.25, 0.3) is 5.91 Å². The number of carbonyl (C=O) groups excluding carboxylic acids is 1. The van der Waals surface area contributed by atoms with Crippen LogP contribution >= 0.6 is 11.6 Å². The molecule has 3 rings (SSSR count). The van der Waals surface area contributed by atoms with Gasteiger partial charge in [0, 0.05) is 12.1 Å². The molecule has 0 saturated heterocycles. The SMILES string of the molecule is O=C(NCc1ccc(F)cc1)c1ccc(Cl)c(S(=O)(=O)NCc2ccco2)c1. The largest absolute Gasteiger partial charge is 0.468 e. The van der Waals surface area contributed by atoms with Crippen LogP contribution in [0.1, 0.15) is 21.7 Å². The first-order chi connectivity index (χ1) is 13.3. The van der Waals surface area contributed by atoms with Crippen LogP contribution in [-0.4, -0.2) is 14.3 Å². The highest BCUT2D eigenvalue weighted by Gasteiger charge is 2.20. The van der Waals surface area contributed by atoms with Gasteiger partial charge in [0.15, 0.2) is 0 Å². The molecule has 0 radical (unpaired) electrons. The summed E-state index contributed by atoms with van der Waals surface area (Å²) >= 11 is 6.02. The molecular weight excluding hydrogens is 407 g/mol. The summed E-state index contributed by atoms with van der Waals surface area (Å²) in [6, 6.07) is 12.9. The average molecular weight is 423 g/mol. The van der Waals surface area contributed by atoms with Gasteiger partial charge < -0.3 is 9.73 Å². The summed E-state index contributed by atoms with van der Waals surface area (Å²) in [6.45, 7) is 0.118.